The molecule has 4 aromatic rings. The van der Waals surface area contributed by atoms with Gasteiger partial charge in [0.2, 0.25) is 10.0 Å². The van der Waals surface area contributed by atoms with Gasteiger partial charge in [0.05, 0.1) is 41.0 Å². The van der Waals surface area contributed by atoms with Gasteiger partial charge in [-0.3, -0.25) is 4.79 Å². The molecule has 3 N–H and O–H groups in total. The summed E-state index contributed by atoms with van der Waals surface area (Å²) in [5.41, 5.74) is 1.99. The van der Waals surface area contributed by atoms with Crippen molar-refractivity contribution < 1.29 is 27.9 Å². The highest BCUT2D eigenvalue weighted by Gasteiger charge is 2.36. The van der Waals surface area contributed by atoms with Crippen LogP contribution in [0.4, 0.5) is 16.2 Å². The number of carbonyl (C=O) groups excluding carboxylic acids is 2. The molecule has 0 bridgehead atoms. The van der Waals surface area contributed by atoms with Gasteiger partial charge in [0, 0.05) is 24.9 Å². The van der Waals surface area contributed by atoms with Gasteiger partial charge < -0.3 is 25.4 Å². The summed E-state index contributed by atoms with van der Waals surface area (Å²) in [4.78, 5) is 28.8. The number of nitrogens with one attached hydrogen (secondary N) is 2. The summed E-state index contributed by atoms with van der Waals surface area (Å²) < 4.78 is 34.7. The van der Waals surface area contributed by atoms with Crippen LogP contribution < -0.4 is 15.4 Å². The Kier molecular flexibility index (Phi) is 9.42. The molecular weight excluding hydrogens is 592 g/mol. The van der Waals surface area contributed by atoms with Crippen LogP contribution in [0, 0.1) is 12.8 Å². The van der Waals surface area contributed by atoms with Gasteiger partial charge >= 0.3 is 6.03 Å². The Balaban J connectivity index is 1.48. The first-order chi connectivity index (χ1) is 21.5. The van der Waals surface area contributed by atoms with E-state index in [1.807, 2.05) is 50.2 Å². The minimum atomic E-state index is -3.85. The molecule has 236 valence electrons. The van der Waals surface area contributed by atoms with Crippen molar-refractivity contribution in [2.24, 2.45) is 5.92 Å². The number of fused-ring (bicyclic) bond motifs is 2. The Labute approximate surface area is 263 Å². The molecular formula is C34H38N4O6S. The number of para-hydroxylation sites is 1. The summed E-state index contributed by atoms with van der Waals surface area (Å²) in [6.07, 6.45) is -0.709. The zero-order valence-electron chi connectivity index (χ0n) is 25.7. The van der Waals surface area contributed by atoms with Gasteiger partial charge in [-0.05, 0) is 49.6 Å². The van der Waals surface area contributed by atoms with E-state index < -0.39 is 28.2 Å². The van der Waals surface area contributed by atoms with Crippen LogP contribution in [0.1, 0.15) is 29.8 Å². The Hall–Kier alpha value is -4.45. The molecule has 45 heavy (non-hydrogen) atoms. The summed E-state index contributed by atoms with van der Waals surface area (Å²) in [6, 6.07) is 23.7. The van der Waals surface area contributed by atoms with Crippen molar-refractivity contribution in [1.82, 2.24) is 9.21 Å². The van der Waals surface area contributed by atoms with Crippen molar-refractivity contribution in [3.05, 3.63) is 96.1 Å². The molecule has 1 aliphatic rings. The Morgan fingerprint density at radius 2 is 1.64 bits per heavy atom. The fraction of sp³-hybridized carbons (Fsp3) is 0.294. The van der Waals surface area contributed by atoms with E-state index in [-0.39, 0.29) is 53.4 Å². The van der Waals surface area contributed by atoms with Gasteiger partial charge in [-0.2, -0.15) is 4.31 Å². The smallest absolute Gasteiger partial charge is 0.323 e. The molecule has 11 heteroatoms. The number of hydrogen-bond donors (Lipinski definition) is 3. The van der Waals surface area contributed by atoms with E-state index in [2.05, 4.69) is 10.6 Å². The van der Waals surface area contributed by atoms with Gasteiger partial charge in [-0.1, -0.05) is 67.1 Å². The maximum Gasteiger partial charge on any atom is 0.323 e. The van der Waals surface area contributed by atoms with E-state index in [1.54, 1.807) is 60.4 Å². The number of rotatable bonds is 8. The summed E-state index contributed by atoms with van der Waals surface area (Å²) in [5.74, 6) is -0.580. The summed E-state index contributed by atoms with van der Waals surface area (Å²) in [5, 5.41) is 17.5. The first kappa shape index (κ1) is 32.0. The van der Waals surface area contributed by atoms with Crippen LogP contribution in [0.2, 0.25) is 0 Å². The molecule has 1 aliphatic heterocycles. The predicted octanol–water partition coefficient (Wildman–Crippen LogP) is 5.33. The third-order valence-corrected chi connectivity index (χ3v) is 9.98. The second-order valence-electron chi connectivity index (χ2n) is 11.5. The molecule has 3 amide bonds. The second-order valence-corrected chi connectivity index (χ2v) is 13.6. The normalized spacial score (nSPS) is 17.6. The number of nitrogens with zero attached hydrogens (tertiary/aromatic N) is 2. The second kappa shape index (κ2) is 13.3. The van der Waals surface area contributed by atoms with Gasteiger partial charge in [0.1, 0.15) is 6.10 Å². The number of urea groups is 1. The number of likely N-dealkylation sites (N-methyl/N-ethyl adjacent to an activating group) is 1. The lowest BCUT2D eigenvalue weighted by atomic mass is 9.99. The molecule has 0 aliphatic carbocycles. The fourth-order valence-electron chi connectivity index (χ4n) is 5.41. The van der Waals surface area contributed by atoms with E-state index in [1.165, 1.54) is 11.4 Å². The largest absolute Gasteiger partial charge is 0.486 e. The molecule has 4 aromatic carbocycles. The van der Waals surface area contributed by atoms with Crippen molar-refractivity contribution >= 4 is 44.1 Å². The number of carbonyl (C=O) groups is 2. The van der Waals surface area contributed by atoms with Crippen LogP contribution in [-0.4, -0.2) is 73.6 Å². The number of ether oxygens (including phenoxy) is 1. The van der Waals surface area contributed by atoms with E-state index in [9.17, 15) is 23.1 Å². The lowest BCUT2D eigenvalue weighted by molar-refractivity contribution is 0.0389. The minimum Gasteiger partial charge on any atom is -0.486 e. The third kappa shape index (κ3) is 6.80. The van der Waals surface area contributed by atoms with Gasteiger partial charge in [-0.15, -0.1) is 0 Å². The molecule has 10 nitrogen and oxygen atoms in total. The molecule has 0 saturated heterocycles. The monoisotopic (exact) mass is 630 g/mol. The fourth-order valence-corrected chi connectivity index (χ4v) is 6.59. The van der Waals surface area contributed by atoms with E-state index in [0.29, 0.717) is 5.69 Å². The molecule has 1 heterocycles. The number of amides is 3. The van der Waals surface area contributed by atoms with E-state index in [4.69, 9.17) is 4.74 Å². The molecule has 3 atom stereocenters. The van der Waals surface area contributed by atoms with Crippen molar-refractivity contribution in [3.8, 4) is 5.75 Å². The molecule has 5 rings (SSSR count). The van der Waals surface area contributed by atoms with E-state index >= 15 is 0 Å². The van der Waals surface area contributed by atoms with Crippen LogP contribution in [-0.2, 0) is 10.0 Å². The van der Waals surface area contributed by atoms with Gasteiger partial charge in [0.25, 0.3) is 5.91 Å². The number of aliphatic hydroxyl groups is 1. The van der Waals surface area contributed by atoms with Crippen LogP contribution in [0.15, 0.2) is 89.8 Å². The maximum atomic E-state index is 13.8. The van der Waals surface area contributed by atoms with Crippen molar-refractivity contribution in [1.29, 1.82) is 0 Å². The molecule has 0 saturated carbocycles. The predicted molar refractivity (Wildman–Crippen MR) is 175 cm³/mol. The van der Waals surface area contributed by atoms with Crippen LogP contribution in [0.3, 0.4) is 0 Å². The standard InChI is InChI=1S/C34H38N4O6S/c1-22-15-17-26(18-16-22)45(42,43)37(4)20-31-23(2)19-38(24(3)21-39)33(40)28-12-8-14-30(32(28)44-31)36-34(41)35-29-13-7-10-25-9-5-6-11-27(25)29/h5-18,23-24,31,39H,19-21H2,1-4H3,(H2,35,36,41)/t23-,24+,31+/m1/s1. The first-order valence-corrected chi connectivity index (χ1v) is 16.2. The molecule has 0 unspecified atom stereocenters. The van der Waals surface area contributed by atoms with Gasteiger partial charge in [-0.25, -0.2) is 13.2 Å². The summed E-state index contributed by atoms with van der Waals surface area (Å²) >= 11 is 0. The Morgan fingerprint density at radius 3 is 2.38 bits per heavy atom. The third-order valence-electron chi connectivity index (χ3n) is 8.14. The average molecular weight is 631 g/mol. The highest BCUT2D eigenvalue weighted by atomic mass is 32.2. The number of hydrogen-bond acceptors (Lipinski definition) is 6. The number of aryl methyl sites for hydroxylation is 1. The minimum absolute atomic E-state index is 0.0249. The highest BCUT2D eigenvalue weighted by Crippen LogP contribution is 2.35. The average Bonchev–Trinajstić information content (AvgIpc) is 3.03. The van der Waals surface area contributed by atoms with E-state index in [0.717, 1.165) is 16.3 Å². The summed E-state index contributed by atoms with van der Waals surface area (Å²) in [7, 11) is -2.36. The quantitative estimate of drug-likeness (QED) is 0.241. The van der Waals surface area contributed by atoms with Crippen molar-refractivity contribution in [2.45, 2.75) is 37.8 Å². The van der Waals surface area contributed by atoms with Crippen molar-refractivity contribution in [3.63, 3.8) is 0 Å². The number of aliphatic hydroxyl groups excluding tert-OH is 1. The number of anilines is 2. The zero-order chi connectivity index (χ0) is 32.3. The Morgan fingerprint density at radius 1 is 1.00 bits per heavy atom. The molecule has 0 spiro atoms. The number of benzene rings is 4. The molecule has 0 radical (unpaired) electrons. The lowest BCUT2D eigenvalue weighted by Crippen LogP contribution is -2.50. The first-order valence-electron chi connectivity index (χ1n) is 14.8. The molecule has 0 aromatic heterocycles. The summed E-state index contributed by atoms with van der Waals surface area (Å²) in [6.45, 7) is 5.44. The topological polar surface area (TPSA) is 128 Å². The van der Waals surface area contributed by atoms with Crippen LogP contribution in [0.25, 0.3) is 10.8 Å². The zero-order valence-corrected chi connectivity index (χ0v) is 26.5. The SMILES string of the molecule is Cc1ccc(S(=O)(=O)N(C)C[C@@H]2Oc3c(NC(=O)Nc4cccc5ccccc45)cccc3C(=O)N([C@@H](C)CO)C[C@H]2C)cc1. The number of sulfonamides is 1. The lowest BCUT2D eigenvalue weighted by Gasteiger charge is -2.38. The van der Waals surface area contributed by atoms with Crippen LogP contribution in [0.5, 0.6) is 5.75 Å². The van der Waals surface area contributed by atoms with Gasteiger partial charge in [0.15, 0.2) is 5.75 Å². The maximum absolute atomic E-state index is 13.8. The van der Waals surface area contributed by atoms with Crippen molar-refractivity contribution in [2.75, 3.05) is 37.4 Å². The highest BCUT2D eigenvalue weighted by molar-refractivity contribution is 7.89. The Bertz CT molecular complexity index is 1810. The molecule has 0 fully saturated rings. The van der Waals surface area contributed by atoms with Crippen LogP contribution >= 0.6 is 0 Å².